The van der Waals surface area contributed by atoms with Crippen LogP contribution in [0, 0.1) is 9.49 Å². The minimum atomic E-state index is -0.153. The zero-order valence-corrected chi connectivity index (χ0v) is 12.1. The largest absolute Gasteiger partial charge is 0.507 e. The number of amides is 1. The van der Waals surface area contributed by atoms with Crippen molar-refractivity contribution in [2.24, 2.45) is 5.92 Å². The number of halogens is 1. The van der Waals surface area contributed by atoms with E-state index in [-0.39, 0.29) is 11.7 Å². The van der Waals surface area contributed by atoms with Crippen LogP contribution in [0.25, 0.3) is 0 Å². The van der Waals surface area contributed by atoms with Gasteiger partial charge in [0.1, 0.15) is 5.75 Å². The third-order valence-electron chi connectivity index (χ3n) is 2.37. The molecule has 94 valence electrons. The molecule has 0 spiro atoms. The molecule has 1 rings (SSSR count). The lowest BCUT2D eigenvalue weighted by Gasteiger charge is -2.12. The molecule has 0 saturated carbocycles. The van der Waals surface area contributed by atoms with Gasteiger partial charge in [0.05, 0.1) is 3.57 Å². The first-order valence-corrected chi connectivity index (χ1v) is 6.53. The summed E-state index contributed by atoms with van der Waals surface area (Å²) in [5, 5.41) is 15.4. The summed E-state index contributed by atoms with van der Waals surface area (Å²) in [5.74, 6) is 0.363. The molecule has 0 bridgehead atoms. The lowest BCUT2D eigenvalue weighted by molar-refractivity contribution is 0.0947. The lowest BCUT2D eigenvalue weighted by atomic mass is 10.1. The van der Waals surface area contributed by atoms with Crippen LogP contribution in [0.2, 0.25) is 0 Å². The summed E-state index contributed by atoms with van der Waals surface area (Å²) in [6.07, 6.45) is 0. The third-order valence-corrected chi connectivity index (χ3v) is 3.28. The Bertz CT molecular complexity index is 396. The van der Waals surface area contributed by atoms with Gasteiger partial charge in [-0.1, -0.05) is 6.92 Å². The normalized spacial score (nSPS) is 12.2. The van der Waals surface area contributed by atoms with Gasteiger partial charge in [-0.15, -0.1) is 0 Å². The summed E-state index contributed by atoms with van der Waals surface area (Å²) >= 11 is 2.02. The molecule has 0 aliphatic carbocycles. The van der Waals surface area contributed by atoms with Crippen molar-refractivity contribution in [1.82, 2.24) is 10.6 Å². The monoisotopic (exact) mass is 348 g/mol. The van der Waals surface area contributed by atoms with Gasteiger partial charge in [0.25, 0.3) is 5.91 Å². The van der Waals surface area contributed by atoms with E-state index < -0.39 is 0 Å². The van der Waals surface area contributed by atoms with Crippen LogP contribution in [0.4, 0.5) is 0 Å². The number of hydrogen-bond acceptors (Lipinski definition) is 3. The Balaban J connectivity index is 2.55. The van der Waals surface area contributed by atoms with Gasteiger partial charge in [-0.3, -0.25) is 4.79 Å². The van der Waals surface area contributed by atoms with Gasteiger partial charge in [-0.05, 0) is 60.3 Å². The van der Waals surface area contributed by atoms with E-state index in [9.17, 15) is 9.90 Å². The maximum atomic E-state index is 11.8. The van der Waals surface area contributed by atoms with E-state index in [0.29, 0.717) is 18.0 Å². The first-order valence-electron chi connectivity index (χ1n) is 5.46. The molecule has 3 N–H and O–H groups in total. The highest BCUT2D eigenvalue weighted by Gasteiger charge is 2.09. The number of rotatable bonds is 5. The molecule has 1 amide bonds. The van der Waals surface area contributed by atoms with Crippen molar-refractivity contribution >= 4 is 28.5 Å². The molecule has 5 heteroatoms. The Kier molecular flexibility index (Phi) is 5.70. The molecule has 0 aliphatic heterocycles. The van der Waals surface area contributed by atoms with Crippen molar-refractivity contribution < 1.29 is 9.90 Å². The smallest absolute Gasteiger partial charge is 0.251 e. The van der Waals surface area contributed by atoms with Crippen LogP contribution in [-0.4, -0.2) is 31.2 Å². The number of hydrogen-bond donors (Lipinski definition) is 3. The van der Waals surface area contributed by atoms with Crippen molar-refractivity contribution in [2.75, 3.05) is 20.1 Å². The minimum absolute atomic E-state index is 0.140. The summed E-state index contributed by atoms with van der Waals surface area (Å²) < 4.78 is 0.739. The zero-order chi connectivity index (χ0) is 12.8. The Morgan fingerprint density at radius 2 is 2.18 bits per heavy atom. The summed E-state index contributed by atoms with van der Waals surface area (Å²) in [6, 6.07) is 4.92. The number of benzene rings is 1. The molecular weight excluding hydrogens is 331 g/mol. The Morgan fingerprint density at radius 1 is 1.47 bits per heavy atom. The van der Waals surface area contributed by atoms with E-state index in [1.165, 1.54) is 6.07 Å². The average molecular weight is 348 g/mol. The van der Waals surface area contributed by atoms with E-state index >= 15 is 0 Å². The fourth-order valence-electron chi connectivity index (χ4n) is 1.44. The van der Waals surface area contributed by atoms with Crippen LogP contribution in [0.1, 0.15) is 17.3 Å². The minimum Gasteiger partial charge on any atom is -0.507 e. The molecule has 0 saturated heterocycles. The predicted molar refractivity (Wildman–Crippen MR) is 76.2 cm³/mol. The van der Waals surface area contributed by atoms with Gasteiger partial charge >= 0.3 is 0 Å². The first kappa shape index (κ1) is 14.2. The van der Waals surface area contributed by atoms with E-state index in [1.54, 1.807) is 12.1 Å². The maximum Gasteiger partial charge on any atom is 0.251 e. The summed E-state index contributed by atoms with van der Waals surface area (Å²) in [4.78, 5) is 11.8. The molecule has 1 atom stereocenters. The van der Waals surface area contributed by atoms with E-state index in [2.05, 4.69) is 17.6 Å². The van der Waals surface area contributed by atoms with E-state index in [1.807, 2.05) is 29.6 Å². The van der Waals surface area contributed by atoms with Crippen molar-refractivity contribution in [1.29, 1.82) is 0 Å². The molecule has 1 aromatic rings. The highest BCUT2D eigenvalue weighted by atomic mass is 127. The summed E-state index contributed by atoms with van der Waals surface area (Å²) in [5.41, 5.74) is 0.486. The number of phenolic OH excluding ortho intramolecular Hbond substituents is 1. The molecule has 17 heavy (non-hydrogen) atoms. The maximum absolute atomic E-state index is 11.8. The van der Waals surface area contributed by atoms with E-state index in [0.717, 1.165) is 10.1 Å². The Morgan fingerprint density at radius 3 is 2.76 bits per heavy atom. The number of carbonyl (C=O) groups excluding carboxylic acids is 1. The van der Waals surface area contributed by atoms with Gasteiger partial charge < -0.3 is 15.7 Å². The van der Waals surface area contributed by atoms with Gasteiger partial charge in [0.2, 0.25) is 0 Å². The predicted octanol–water partition coefficient (Wildman–Crippen LogP) is 1.58. The molecule has 0 heterocycles. The number of aromatic hydroxyl groups is 1. The van der Waals surface area contributed by atoms with Crippen molar-refractivity contribution in [3.63, 3.8) is 0 Å². The second-order valence-corrected chi connectivity index (χ2v) is 5.20. The summed E-state index contributed by atoms with van der Waals surface area (Å²) in [6.45, 7) is 3.53. The van der Waals surface area contributed by atoms with Gasteiger partial charge in [0, 0.05) is 12.1 Å². The Hall–Kier alpha value is -0.820. The molecule has 0 radical (unpaired) electrons. The van der Waals surface area contributed by atoms with Crippen LogP contribution in [-0.2, 0) is 0 Å². The van der Waals surface area contributed by atoms with Crippen molar-refractivity contribution in [2.45, 2.75) is 6.92 Å². The highest BCUT2D eigenvalue weighted by Crippen LogP contribution is 2.20. The first-order chi connectivity index (χ1) is 8.04. The second-order valence-electron chi connectivity index (χ2n) is 4.04. The molecule has 0 aliphatic rings. The highest BCUT2D eigenvalue weighted by molar-refractivity contribution is 14.1. The van der Waals surface area contributed by atoms with Crippen LogP contribution >= 0.6 is 22.6 Å². The summed E-state index contributed by atoms with van der Waals surface area (Å²) in [7, 11) is 1.88. The quantitative estimate of drug-likeness (QED) is 0.708. The molecule has 4 nitrogen and oxygen atoms in total. The lowest BCUT2D eigenvalue weighted by Crippen LogP contribution is -2.32. The van der Waals surface area contributed by atoms with Crippen LogP contribution in [0.15, 0.2) is 18.2 Å². The van der Waals surface area contributed by atoms with Gasteiger partial charge in [0.15, 0.2) is 0 Å². The van der Waals surface area contributed by atoms with Crippen LogP contribution in [0.3, 0.4) is 0 Å². The molecule has 1 unspecified atom stereocenters. The Labute approximate surface area is 115 Å². The van der Waals surface area contributed by atoms with Crippen LogP contribution in [0.5, 0.6) is 5.75 Å². The topological polar surface area (TPSA) is 61.4 Å². The fraction of sp³-hybridized carbons (Fsp3) is 0.417. The molecule has 0 fully saturated rings. The molecule has 0 aromatic heterocycles. The fourth-order valence-corrected chi connectivity index (χ4v) is 1.78. The molecular formula is C12H17IN2O2. The SMILES string of the molecule is CNCC(C)CNC(=O)c1ccc(I)c(O)c1. The van der Waals surface area contributed by atoms with E-state index in [4.69, 9.17) is 0 Å². The molecule has 1 aromatic carbocycles. The third kappa shape index (κ3) is 4.51. The number of carbonyl (C=O) groups is 1. The van der Waals surface area contributed by atoms with Crippen LogP contribution < -0.4 is 10.6 Å². The average Bonchev–Trinajstić information content (AvgIpc) is 2.30. The van der Waals surface area contributed by atoms with Gasteiger partial charge in [-0.2, -0.15) is 0 Å². The standard InChI is InChI=1S/C12H17IN2O2/c1-8(6-14-2)7-15-12(17)9-3-4-10(13)11(16)5-9/h3-5,8,14,16H,6-7H2,1-2H3,(H,15,17). The number of nitrogens with one attached hydrogen (secondary N) is 2. The number of phenols is 1. The second kappa shape index (κ2) is 6.80. The zero-order valence-electron chi connectivity index (χ0n) is 9.96. The van der Waals surface area contributed by atoms with Crippen molar-refractivity contribution in [3.8, 4) is 5.75 Å². The van der Waals surface area contributed by atoms with Crippen molar-refractivity contribution in [3.05, 3.63) is 27.3 Å². The van der Waals surface area contributed by atoms with Gasteiger partial charge in [-0.25, -0.2) is 0 Å².